The summed E-state index contributed by atoms with van der Waals surface area (Å²) < 4.78 is 22.7. The third kappa shape index (κ3) is 9.59. The molecule has 11 heteroatoms. The molecule has 1 saturated heterocycles. The largest absolute Gasteiger partial charge is 0.497 e. The van der Waals surface area contributed by atoms with Gasteiger partial charge in [-0.25, -0.2) is 9.59 Å². The zero-order chi connectivity index (χ0) is 32.9. The number of carbonyl (C=O) groups excluding carboxylic acids is 2. The number of alkyl carbamates (subject to hydrolysis) is 1. The van der Waals surface area contributed by atoms with Crippen LogP contribution in [0.25, 0.3) is 11.1 Å². The molecule has 0 aromatic heterocycles. The number of halogens is 1. The molecule has 46 heavy (non-hydrogen) atoms. The number of ether oxygens (including phenoxy) is 4. The normalized spacial score (nSPS) is 15.9. The van der Waals surface area contributed by atoms with E-state index in [4.69, 9.17) is 30.5 Å². The number of carbonyl (C=O) groups is 2. The van der Waals surface area contributed by atoms with Crippen molar-refractivity contribution in [2.24, 2.45) is 0 Å². The van der Waals surface area contributed by atoms with Crippen molar-refractivity contribution in [1.82, 2.24) is 20.9 Å². The monoisotopic (exact) mass is 652 g/mol. The zero-order valence-corrected chi connectivity index (χ0v) is 27.8. The number of hydrogen-bond acceptors (Lipinski definition) is 7. The summed E-state index contributed by atoms with van der Waals surface area (Å²) in [5, 5.41) is 9.65. The number of nitrogens with zero attached hydrogens (tertiary/aromatic N) is 1. The van der Waals surface area contributed by atoms with E-state index >= 15 is 0 Å². The Balaban J connectivity index is 1.50. The summed E-state index contributed by atoms with van der Waals surface area (Å²) >= 11 is 6.84. The summed E-state index contributed by atoms with van der Waals surface area (Å²) in [4.78, 5) is 26.9. The van der Waals surface area contributed by atoms with Gasteiger partial charge in [0, 0.05) is 36.3 Å². The van der Waals surface area contributed by atoms with Gasteiger partial charge in [0.25, 0.3) is 0 Å². The number of morpholine rings is 1. The van der Waals surface area contributed by atoms with Crippen LogP contribution in [0.2, 0.25) is 5.02 Å². The van der Waals surface area contributed by atoms with Crippen LogP contribution in [-0.2, 0) is 27.1 Å². The Kier molecular flexibility index (Phi) is 13.5. The molecular weight excluding hydrogens is 608 g/mol. The van der Waals surface area contributed by atoms with Crippen LogP contribution in [0, 0.1) is 0 Å². The van der Waals surface area contributed by atoms with Crippen molar-refractivity contribution < 1.29 is 28.5 Å². The molecule has 3 unspecified atom stereocenters. The molecule has 1 aliphatic heterocycles. The number of benzene rings is 3. The quantitative estimate of drug-likeness (QED) is 0.205. The number of nitrogens with one attached hydrogen (secondary N) is 3. The number of aryl methyl sites for hydroxylation is 1. The van der Waals surface area contributed by atoms with Crippen LogP contribution >= 0.6 is 11.6 Å². The van der Waals surface area contributed by atoms with E-state index in [1.54, 1.807) is 12.0 Å². The third-order valence-corrected chi connectivity index (χ3v) is 8.41. The molecule has 0 bridgehead atoms. The molecule has 1 fully saturated rings. The molecule has 248 valence electrons. The van der Waals surface area contributed by atoms with Crippen molar-refractivity contribution in [3.05, 3.63) is 88.4 Å². The Labute approximate surface area is 276 Å². The second kappa shape index (κ2) is 17.8. The molecule has 3 aromatic carbocycles. The van der Waals surface area contributed by atoms with Crippen molar-refractivity contribution in [2.45, 2.75) is 38.0 Å². The van der Waals surface area contributed by atoms with Crippen molar-refractivity contribution in [1.29, 1.82) is 0 Å². The Morgan fingerprint density at radius 3 is 2.54 bits per heavy atom. The van der Waals surface area contributed by atoms with Crippen LogP contribution in [0.15, 0.2) is 66.7 Å². The number of rotatable bonds is 14. The second-order valence-electron chi connectivity index (χ2n) is 11.0. The number of urea groups is 1. The van der Waals surface area contributed by atoms with Gasteiger partial charge in [0.1, 0.15) is 18.0 Å². The van der Waals surface area contributed by atoms with Crippen LogP contribution in [0.3, 0.4) is 0 Å². The van der Waals surface area contributed by atoms with Gasteiger partial charge >= 0.3 is 12.1 Å². The lowest BCUT2D eigenvalue weighted by atomic mass is 9.92. The first-order valence-electron chi connectivity index (χ1n) is 15.6. The van der Waals surface area contributed by atoms with E-state index in [2.05, 4.69) is 35.0 Å². The van der Waals surface area contributed by atoms with Gasteiger partial charge in [-0.05, 0) is 60.3 Å². The second-order valence-corrected chi connectivity index (χ2v) is 11.5. The summed E-state index contributed by atoms with van der Waals surface area (Å²) in [6.07, 6.45) is 0.0388. The molecule has 3 N–H and O–H groups in total. The summed E-state index contributed by atoms with van der Waals surface area (Å²) in [5.74, 6) is 0.807. The standard InChI is InChI=1S/C35H45ClN4O6/c1-5-24-8-6-9-26(20-24)32-29(10-7-11-30(32)36)33(46-18-16-38-35(42)44-4)31-23-40(17-19-45-31)34(41)39-22-27(37-2)21-25-12-14-28(43-3)15-13-25/h6-15,20,27,31,33,37H,5,16-19,21-23H2,1-4H3,(H,38,42)(H,39,41). The first kappa shape index (κ1) is 35.0. The van der Waals surface area contributed by atoms with Crippen LogP contribution in [0.1, 0.15) is 29.7 Å². The van der Waals surface area contributed by atoms with Gasteiger partial charge in [-0.2, -0.15) is 0 Å². The van der Waals surface area contributed by atoms with Crippen molar-refractivity contribution >= 4 is 23.7 Å². The SMILES string of the molecule is CCc1cccc(-c2c(Cl)cccc2C(OCCNC(=O)OC)C2CN(C(=O)NCC(Cc3ccc(OC)cc3)NC)CCO2)c1. The number of hydrogen-bond donors (Lipinski definition) is 3. The van der Waals surface area contributed by atoms with Gasteiger partial charge in [0.2, 0.25) is 0 Å². The number of methoxy groups -OCH3 is 2. The maximum Gasteiger partial charge on any atom is 0.406 e. The number of likely N-dealkylation sites (N-methyl/N-ethyl adjacent to an activating group) is 1. The lowest BCUT2D eigenvalue weighted by Gasteiger charge is -2.38. The Bertz CT molecular complexity index is 1420. The van der Waals surface area contributed by atoms with E-state index < -0.39 is 18.3 Å². The minimum absolute atomic E-state index is 0.0421. The summed E-state index contributed by atoms with van der Waals surface area (Å²) in [5.41, 5.74) is 5.00. The predicted octanol–water partition coefficient (Wildman–Crippen LogP) is 5.23. The van der Waals surface area contributed by atoms with Crippen molar-refractivity contribution in [3.8, 4) is 16.9 Å². The molecule has 1 heterocycles. The number of amides is 3. The van der Waals surface area contributed by atoms with Crippen LogP contribution in [0.4, 0.5) is 9.59 Å². The third-order valence-electron chi connectivity index (χ3n) is 8.10. The van der Waals surface area contributed by atoms with Gasteiger partial charge in [-0.3, -0.25) is 0 Å². The molecule has 1 aliphatic rings. The summed E-state index contributed by atoms with van der Waals surface area (Å²) in [7, 11) is 4.85. The lowest BCUT2D eigenvalue weighted by molar-refractivity contribution is -0.105. The first-order valence-corrected chi connectivity index (χ1v) is 16.0. The van der Waals surface area contributed by atoms with Crippen molar-refractivity contribution in [2.75, 3.05) is 60.7 Å². The van der Waals surface area contributed by atoms with Gasteiger partial charge in [0.15, 0.2) is 0 Å². The van der Waals surface area contributed by atoms with Crippen LogP contribution in [-0.4, -0.2) is 89.8 Å². The highest BCUT2D eigenvalue weighted by molar-refractivity contribution is 6.33. The van der Waals surface area contributed by atoms with E-state index in [1.807, 2.05) is 61.6 Å². The molecule has 3 atom stereocenters. The maximum atomic E-state index is 13.4. The Morgan fingerprint density at radius 2 is 1.83 bits per heavy atom. The van der Waals surface area contributed by atoms with E-state index in [-0.39, 0.29) is 25.2 Å². The van der Waals surface area contributed by atoms with Crippen LogP contribution in [0.5, 0.6) is 5.75 Å². The summed E-state index contributed by atoms with van der Waals surface area (Å²) in [6.45, 7) is 4.10. The average Bonchev–Trinajstić information content (AvgIpc) is 3.10. The van der Waals surface area contributed by atoms with E-state index in [9.17, 15) is 9.59 Å². The molecule has 10 nitrogen and oxygen atoms in total. The Morgan fingerprint density at radius 1 is 1.04 bits per heavy atom. The molecule has 0 spiro atoms. The highest BCUT2D eigenvalue weighted by Crippen LogP contribution is 2.39. The fraction of sp³-hybridized carbons (Fsp3) is 0.429. The first-order chi connectivity index (χ1) is 22.4. The van der Waals surface area contributed by atoms with Crippen molar-refractivity contribution in [3.63, 3.8) is 0 Å². The van der Waals surface area contributed by atoms with E-state index in [0.717, 1.165) is 40.8 Å². The van der Waals surface area contributed by atoms with Gasteiger partial charge < -0.3 is 39.8 Å². The molecule has 0 radical (unpaired) electrons. The van der Waals surface area contributed by atoms with E-state index in [0.29, 0.717) is 31.3 Å². The molecule has 0 aliphatic carbocycles. The maximum absolute atomic E-state index is 13.4. The van der Waals surface area contributed by atoms with Crippen LogP contribution < -0.4 is 20.7 Å². The fourth-order valence-corrected chi connectivity index (χ4v) is 5.82. The molecule has 0 saturated carbocycles. The smallest absolute Gasteiger partial charge is 0.406 e. The highest BCUT2D eigenvalue weighted by Gasteiger charge is 2.34. The van der Waals surface area contributed by atoms with Gasteiger partial charge in [-0.15, -0.1) is 0 Å². The fourth-order valence-electron chi connectivity index (χ4n) is 5.53. The highest BCUT2D eigenvalue weighted by atomic mass is 35.5. The van der Waals surface area contributed by atoms with Gasteiger partial charge in [0.05, 0.1) is 34.0 Å². The molecule has 3 aromatic rings. The molecular formula is C35H45ClN4O6. The topological polar surface area (TPSA) is 110 Å². The zero-order valence-electron chi connectivity index (χ0n) is 27.0. The summed E-state index contributed by atoms with van der Waals surface area (Å²) in [6, 6.07) is 21.8. The predicted molar refractivity (Wildman–Crippen MR) is 180 cm³/mol. The molecule has 3 amide bonds. The Hall–Kier alpha value is -3.83. The average molecular weight is 653 g/mol. The minimum Gasteiger partial charge on any atom is -0.497 e. The van der Waals surface area contributed by atoms with E-state index in [1.165, 1.54) is 12.7 Å². The lowest BCUT2D eigenvalue weighted by Crippen LogP contribution is -2.53. The van der Waals surface area contributed by atoms with Gasteiger partial charge in [-0.1, -0.05) is 67.1 Å². The minimum atomic E-state index is -0.575. The molecule has 4 rings (SSSR count).